The molecule has 0 saturated heterocycles. The zero-order valence-corrected chi connectivity index (χ0v) is 11.1. The lowest BCUT2D eigenvalue weighted by Crippen LogP contribution is -2.02. The summed E-state index contributed by atoms with van der Waals surface area (Å²) in [6, 6.07) is 5.12. The van der Waals surface area contributed by atoms with Crippen molar-refractivity contribution < 1.29 is 14.6 Å². The number of benzene rings is 1. The Morgan fingerprint density at radius 1 is 1.19 bits per heavy atom. The van der Waals surface area contributed by atoms with E-state index in [-0.39, 0.29) is 23.7 Å². The summed E-state index contributed by atoms with van der Waals surface area (Å²) in [6.45, 7) is 1.58. The van der Waals surface area contributed by atoms with E-state index in [0.717, 1.165) is 6.07 Å². The van der Waals surface area contributed by atoms with Gasteiger partial charge in [-0.3, -0.25) is 25.0 Å². The van der Waals surface area contributed by atoms with Crippen LogP contribution < -0.4 is 0 Å². The van der Waals surface area contributed by atoms with E-state index in [1.165, 1.54) is 19.1 Å². The first kappa shape index (κ1) is 14.4. The van der Waals surface area contributed by atoms with E-state index in [1.54, 1.807) is 23.0 Å². The fourth-order valence-corrected chi connectivity index (χ4v) is 1.91. The molecule has 0 aliphatic rings. The van der Waals surface area contributed by atoms with Crippen molar-refractivity contribution in [3.8, 4) is 0 Å². The molecule has 8 nitrogen and oxygen atoms in total. The fraction of sp³-hybridized carbons (Fsp3) is 0.154. The summed E-state index contributed by atoms with van der Waals surface area (Å²) in [7, 11) is 0. The Morgan fingerprint density at radius 2 is 1.90 bits per heavy atom. The van der Waals surface area contributed by atoms with Crippen LogP contribution in [0.5, 0.6) is 0 Å². The van der Waals surface area contributed by atoms with Gasteiger partial charge in [-0.05, 0) is 19.1 Å². The average molecular weight is 289 g/mol. The monoisotopic (exact) mass is 289 g/mol. The van der Waals surface area contributed by atoms with Gasteiger partial charge in [0.2, 0.25) is 0 Å². The molecule has 1 aromatic heterocycles. The van der Waals surface area contributed by atoms with Gasteiger partial charge in [-0.2, -0.15) is 0 Å². The van der Waals surface area contributed by atoms with Gasteiger partial charge in [-0.25, -0.2) is 0 Å². The Balaban J connectivity index is 2.36. The van der Waals surface area contributed by atoms with Crippen LogP contribution in [0.25, 0.3) is 0 Å². The quantitative estimate of drug-likeness (QED) is 0.477. The minimum atomic E-state index is -0.680. The highest BCUT2D eigenvalue weighted by molar-refractivity contribution is 5.93. The maximum absolute atomic E-state index is 11.2. The third-order valence-electron chi connectivity index (χ3n) is 2.99. The van der Waals surface area contributed by atoms with E-state index in [9.17, 15) is 25.0 Å². The number of nitro benzene ring substituents is 2. The standard InChI is InChI=1S/C13H11N3O5/c1-9(17)10-4-5-14(7-10)8-11-2-3-12(15(18)19)6-13(11)16(20)21/h2-7H,8H2,1H3. The lowest BCUT2D eigenvalue weighted by molar-refractivity contribution is -0.394. The van der Waals surface area contributed by atoms with Gasteiger partial charge in [0.15, 0.2) is 5.78 Å². The molecule has 0 atom stereocenters. The maximum Gasteiger partial charge on any atom is 0.281 e. The zero-order chi connectivity index (χ0) is 15.6. The van der Waals surface area contributed by atoms with Crippen molar-refractivity contribution in [1.82, 2.24) is 4.57 Å². The molecule has 0 unspecified atom stereocenters. The number of non-ortho nitro benzene ring substituents is 1. The van der Waals surface area contributed by atoms with Gasteiger partial charge in [0.25, 0.3) is 11.4 Å². The molecule has 0 bridgehead atoms. The van der Waals surface area contributed by atoms with Crippen molar-refractivity contribution in [2.45, 2.75) is 13.5 Å². The summed E-state index contributed by atoms with van der Waals surface area (Å²) in [4.78, 5) is 31.6. The highest BCUT2D eigenvalue weighted by Crippen LogP contribution is 2.25. The summed E-state index contributed by atoms with van der Waals surface area (Å²) in [6.07, 6.45) is 3.20. The van der Waals surface area contributed by atoms with Gasteiger partial charge in [0, 0.05) is 29.6 Å². The van der Waals surface area contributed by atoms with Crippen LogP contribution in [0.3, 0.4) is 0 Å². The van der Waals surface area contributed by atoms with Crippen LogP contribution in [0.1, 0.15) is 22.8 Å². The molecule has 1 aromatic carbocycles. The summed E-state index contributed by atoms with van der Waals surface area (Å²) >= 11 is 0. The van der Waals surface area contributed by atoms with E-state index in [4.69, 9.17) is 0 Å². The molecule has 21 heavy (non-hydrogen) atoms. The van der Waals surface area contributed by atoms with Crippen molar-refractivity contribution in [3.05, 3.63) is 68.0 Å². The average Bonchev–Trinajstić information content (AvgIpc) is 2.87. The Hall–Kier alpha value is -3.03. The van der Waals surface area contributed by atoms with Crippen molar-refractivity contribution >= 4 is 17.2 Å². The first-order chi connectivity index (χ1) is 9.88. The molecule has 0 amide bonds. The van der Waals surface area contributed by atoms with Gasteiger partial charge in [0.1, 0.15) is 0 Å². The smallest absolute Gasteiger partial charge is 0.281 e. The van der Waals surface area contributed by atoms with Crippen LogP contribution in [-0.2, 0) is 6.54 Å². The van der Waals surface area contributed by atoms with Crippen molar-refractivity contribution in [3.63, 3.8) is 0 Å². The van der Waals surface area contributed by atoms with Crippen molar-refractivity contribution in [2.24, 2.45) is 0 Å². The van der Waals surface area contributed by atoms with Crippen molar-refractivity contribution in [2.75, 3.05) is 0 Å². The molecule has 1 heterocycles. The molecule has 108 valence electrons. The molecule has 0 N–H and O–H groups in total. The normalized spacial score (nSPS) is 10.3. The minimum Gasteiger partial charge on any atom is -0.349 e. The van der Waals surface area contributed by atoms with Crippen LogP contribution in [0.2, 0.25) is 0 Å². The molecule has 0 radical (unpaired) electrons. The van der Waals surface area contributed by atoms with Gasteiger partial charge in [-0.1, -0.05) is 0 Å². The molecular formula is C13H11N3O5. The Kier molecular flexibility index (Phi) is 3.79. The molecule has 2 aromatic rings. The van der Waals surface area contributed by atoms with E-state index in [1.807, 2.05) is 0 Å². The summed E-state index contributed by atoms with van der Waals surface area (Å²) in [5, 5.41) is 21.7. The molecule has 0 aliphatic carbocycles. The second kappa shape index (κ2) is 5.53. The Labute approximate surface area is 118 Å². The second-order valence-corrected chi connectivity index (χ2v) is 4.46. The number of nitrogens with zero attached hydrogens (tertiary/aromatic N) is 3. The molecule has 0 aliphatic heterocycles. The maximum atomic E-state index is 11.2. The zero-order valence-electron chi connectivity index (χ0n) is 11.1. The summed E-state index contributed by atoms with van der Waals surface area (Å²) < 4.78 is 1.62. The van der Waals surface area contributed by atoms with E-state index in [0.29, 0.717) is 11.1 Å². The molecule has 2 rings (SSSR count). The molecular weight excluding hydrogens is 278 g/mol. The highest BCUT2D eigenvalue weighted by Gasteiger charge is 2.19. The van der Waals surface area contributed by atoms with Crippen LogP contribution in [-0.4, -0.2) is 20.2 Å². The van der Waals surface area contributed by atoms with Crippen LogP contribution in [0, 0.1) is 20.2 Å². The number of rotatable bonds is 5. The number of aromatic nitrogens is 1. The molecule has 8 heteroatoms. The lowest BCUT2D eigenvalue weighted by Gasteiger charge is -2.04. The number of Topliss-reactive ketones (excluding diaryl/α,β-unsaturated/α-hetero) is 1. The minimum absolute atomic E-state index is 0.105. The van der Waals surface area contributed by atoms with Crippen LogP contribution >= 0.6 is 0 Å². The van der Waals surface area contributed by atoms with Crippen LogP contribution in [0.15, 0.2) is 36.7 Å². The van der Waals surface area contributed by atoms with E-state index < -0.39 is 9.85 Å². The van der Waals surface area contributed by atoms with Gasteiger partial charge in [-0.15, -0.1) is 0 Å². The first-order valence-electron chi connectivity index (χ1n) is 5.97. The molecule has 0 spiro atoms. The largest absolute Gasteiger partial charge is 0.349 e. The molecule has 0 fully saturated rings. The Bertz CT molecular complexity index is 735. The van der Waals surface area contributed by atoms with Gasteiger partial charge in [0.05, 0.1) is 22.5 Å². The summed E-state index contributed by atoms with van der Waals surface area (Å²) in [5.74, 6) is -0.105. The van der Waals surface area contributed by atoms with Crippen LogP contribution in [0.4, 0.5) is 11.4 Å². The van der Waals surface area contributed by atoms with E-state index in [2.05, 4.69) is 0 Å². The van der Waals surface area contributed by atoms with Crippen molar-refractivity contribution in [1.29, 1.82) is 0 Å². The first-order valence-corrected chi connectivity index (χ1v) is 5.97. The van der Waals surface area contributed by atoms with E-state index >= 15 is 0 Å². The highest BCUT2D eigenvalue weighted by atomic mass is 16.6. The topological polar surface area (TPSA) is 108 Å². The summed E-state index contributed by atoms with van der Waals surface area (Å²) in [5.41, 5.74) is 0.181. The van der Waals surface area contributed by atoms with Gasteiger partial charge >= 0.3 is 0 Å². The van der Waals surface area contributed by atoms with Gasteiger partial charge < -0.3 is 4.57 Å². The number of nitro groups is 2. The fourth-order valence-electron chi connectivity index (χ4n) is 1.91. The third kappa shape index (κ3) is 3.11. The molecule has 0 saturated carbocycles. The number of carbonyl (C=O) groups is 1. The number of carbonyl (C=O) groups excluding carboxylic acids is 1. The number of hydrogen-bond donors (Lipinski definition) is 0. The number of ketones is 1. The predicted octanol–water partition coefficient (Wildman–Crippen LogP) is 2.56. The predicted molar refractivity (Wildman–Crippen MR) is 73.3 cm³/mol. The third-order valence-corrected chi connectivity index (χ3v) is 2.99. The number of hydrogen-bond acceptors (Lipinski definition) is 5. The SMILES string of the molecule is CC(=O)c1ccn(Cc2ccc([N+](=O)[O-])cc2[N+](=O)[O-])c1. The second-order valence-electron chi connectivity index (χ2n) is 4.46. The lowest BCUT2D eigenvalue weighted by atomic mass is 10.1. The Morgan fingerprint density at radius 3 is 2.43 bits per heavy atom.